The van der Waals surface area contributed by atoms with Gasteiger partial charge in [0.2, 0.25) is 0 Å². The maximum absolute atomic E-state index is 13.7. The molecule has 11 heteroatoms. The molecule has 4 bridgehead atoms. The summed E-state index contributed by atoms with van der Waals surface area (Å²) in [6, 6.07) is 16.8. The van der Waals surface area contributed by atoms with E-state index in [0.717, 1.165) is 5.56 Å². The third kappa shape index (κ3) is 5.46. The molecule has 11 nitrogen and oxygen atoms in total. The van der Waals surface area contributed by atoms with E-state index >= 15 is 0 Å². The number of rotatable bonds is 2. The summed E-state index contributed by atoms with van der Waals surface area (Å²) in [7, 11) is 1.48. The van der Waals surface area contributed by atoms with Gasteiger partial charge in [-0.1, -0.05) is 18.2 Å². The predicted molar refractivity (Wildman–Crippen MR) is 148 cm³/mol. The fraction of sp³-hybridized carbons (Fsp3) is 0.233. The zero-order chi connectivity index (χ0) is 28.3. The molecule has 2 atom stereocenters. The first-order valence-corrected chi connectivity index (χ1v) is 13.1. The molecule has 208 valence electrons. The Morgan fingerprint density at radius 2 is 1.85 bits per heavy atom. The summed E-state index contributed by atoms with van der Waals surface area (Å²) >= 11 is 0. The number of amides is 3. The van der Waals surface area contributed by atoms with Crippen molar-refractivity contribution < 1.29 is 28.6 Å². The van der Waals surface area contributed by atoms with E-state index in [1.54, 1.807) is 59.8 Å². The molecule has 4 heterocycles. The third-order valence-corrected chi connectivity index (χ3v) is 7.08. The molecule has 0 radical (unpaired) electrons. The highest BCUT2D eigenvalue weighted by Crippen LogP contribution is 2.29. The monoisotopic (exact) mass is 553 g/mol. The van der Waals surface area contributed by atoms with E-state index in [1.165, 1.54) is 13.2 Å². The molecule has 0 unspecified atom stereocenters. The lowest BCUT2D eigenvalue weighted by molar-refractivity contribution is -0.123. The number of ether oxygens (including phenoxy) is 3. The van der Waals surface area contributed by atoms with Gasteiger partial charge in [0.1, 0.15) is 17.4 Å². The number of carbonyl (C=O) groups excluding carboxylic acids is 3. The lowest BCUT2D eigenvalue weighted by atomic mass is 10.1. The SMILES string of the molecule is COc1ccc2cc1OCC(=O)NCc1ccc(cc1)O[C@H]1CN(C(=O)c3cccc4nccnc34)C[C@@H]1NC2=O. The highest BCUT2D eigenvalue weighted by atomic mass is 16.5. The fourth-order valence-electron chi connectivity index (χ4n) is 4.97. The molecule has 3 aliphatic heterocycles. The Morgan fingerprint density at radius 3 is 2.68 bits per heavy atom. The highest BCUT2D eigenvalue weighted by Gasteiger charge is 2.39. The van der Waals surface area contributed by atoms with Crippen molar-refractivity contribution >= 4 is 28.8 Å². The quantitative estimate of drug-likeness (QED) is 0.387. The van der Waals surface area contributed by atoms with Gasteiger partial charge < -0.3 is 29.7 Å². The first kappa shape index (κ1) is 26.1. The Kier molecular flexibility index (Phi) is 7.07. The molecule has 3 aliphatic rings. The second kappa shape index (κ2) is 11.1. The van der Waals surface area contributed by atoms with Crippen molar-refractivity contribution in [1.29, 1.82) is 0 Å². The number of hydrogen-bond donors (Lipinski definition) is 2. The van der Waals surface area contributed by atoms with E-state index in [2.05, 4.69) is 20.6 Å². The van der Waals surface area contributed by atoms with Crippen LogP contribution in [0.4, 0.5) is 0 Å². The van der Waals surface area contributed by atoms with Gasteiger partial charge in [-0.3, -0.25) is 24.4 Å². The van der Waals surface area contributed by atoms with Crippen LogP contribution in [0, 0.1) is 0 Å². The summed E-state index contributed by atoms with van der Waals surface area (Å²) in [5.41, 5.74) is 2.75. The third-order valence-electron chi connectivity index (χ3n) is 7.08. The maximum atomic E-state index is 13.7. The number of para-hydroxylation sites is 1. The summed E-state index contributed by atoms with van der Waals surface area (Å²) in [5.74, 6) is 0.300. The van der Waals surface area contributed by atoms with E-state index in [-0.39, 0.29) is 43.2 Å². The number of nitrogens with one attached hydrogen (secondary N) is 2. The topological polar surface area (TPSA) is 132 Å². The number of hydrogen-bond acceptors (Lipinski definition) is 8. The lowest BCUT2D eigenvalue weighted by Crippen LogP contribution is -2.45. The molecule has 0 aliphatic carbocycles. The number of fused-ring (bicyclic) bond motifs is 8. The van der Waals surface area contributed by atoms with Crippen LogP contribution in [0.1, 0.15) is 26.3 Å². The second-order valence-electron chi connectivity index (χ2n) is 9.75. The Bertz CT molecular complexity index is 1620. The maximum Gasteiger partial charge on any atom is 0.258 e. The van der Waals surface area contributed by atoms with Gasteiger partial charge in [-0.05, 0) is 48.0 Å². The van der Waals surface area contributed by atoms with Crippen molar-refractivity contribution in [2.24, 2.45) is 0 Å². The molecule has 41 heavy (non-hydrogen) atoms. The largest absolute Gasteiger partial charge is 0.493 e. The van der Waals surface area contributed by atoms with Crippen molar-refractivity contribution in [1.82, 2.24) is 25.5 Å². The summed E-state index contributed by atoms with van der Waals surface area (Å²) < 4.78 is 17.4. The van der Waals surface area contributed by atoms with E-state index < -0.39 is 12.1 Å². The van der Waals surface area contributed by atoms with Crippen LogP contribution in [0.15, 0.2) is 73.1 Å². The average Bonchev–Trinajstić information content (AvgIpc) is 3.40. The molecule has 2 N–H and O–H groups in total. The molecule has 0 saturated carbocycles. The lowest BCUT2D eigenvalue weighted by Gasteiger charge is -2.21. The van der Waals surface area contributed by atoms with Crippen molar-refractivity contribution in [3.63, 3.8) is 0 Å². The summed E-state index contributed by atoms with van der Waals surface area (Å²) in [6.45, 7) is 0.530. The molecular formula is C30H27N5O6. The first-order valence-electron chi connectivity index (χ1n) is 13.1. The van der Waals surface area contributed by atoms with E-state index in [0.29, 0.717) is 40.2 Å². The van der Waals surface area contributed by atoms with E-state index in [9.17, 15) is 14.4 Å². The Morgan fingerprint density at radius 1 is 1.02 bits per heavy atom. The fourth-order valence-corrected chi connectivity index (χ4v) is 4.97. The van der Waals surface area contributed by atoms with Crippen molar-refractivity contribution in [3.05, 3.63) is 89.7 Å². The highest BCUT2D eigenvalue weighted by molar-refractivity contribution is 6.04. The minimum Gasteiger partial charge on any atom is -0.493 e. The number of nitrogens with zero attached hydrogens (tertiary/aromatic N) is 3. The van der Waals surface area contributed by atoms with Gasteiger partial charge in [0.05, 0.1) is 30.8 Å². The molecule has 1 aromatic heterocycles. The summed E-state index contributed by atoms with van der Waals surface area (Å²) in [6.07, 6.45) is 2.61. The minimum absolute atomic E-state index is 0.224. The van der Waals surface area contributed by atoms with Crippen molar-refractivity contribution in [2.75, 3.05) is 26.8 Å². The normalized spacial score (nSPS) is 18.9. The second-order valence-corrected chi connectivity index (χ2v) is 9.75. The van der Waals surface area contributed by atoms with Crippen LogP contribution in [0.25, 0.3) is 11.0 Å². The first-order chi connectivity index (χ1) is 20.0. The zero-order valence-corrected chi connectivity index (χ0v) is 22.2. The molecule has 1 fully saturated rings. The average molecular weight is 554 g/mol. The van der Waals surface area contributed by atoms with Crippen LogP contribution in [0.3, 0.4) is 0 Å². The van der Waals surface area contributed by atoms with Gasteiger partial charge >= 0.3 is 0 Å². The Hall–Kier alpha value is -5.19. The minimum atomic E-state index is -0.529. The Balaban J connectivity index is 1.32. The van der Waals surface area contributed by atoms with Crippen molar-refractivity contribution in [2.45, 2.75) is 18.7 Å². The molecule has 3 amide bonds. The van der Waals surface area contributed by atoms with Crippen LogP contribution in [0.2, 0.25) is 0 Å². The van der Waals surface area contributed by atoms with Crippen LogP contribution in [-0.2, 0) is 11.3 Å². The van der Waals surface area contributed by atoms with Gasteiger partial charge in [0, 0.05) is 31.0 Å². The zero-order valence-electron chi connectivity index (χ0n) is 22.2. The number of carbonyl (C=O) groups is 3. The van der Waals surface area contributed by atoms with Gasteiger partial charge in [-0.25, -0.2) is 0 Å². The Labute approximate surface area is 235 Å². The van der Waals surface area contributed by atoms with Crippen LogP contribution >= 0.6 is 0 Å². The van der Waals surface area contributed by atoms with E-state index in [1.807, 2.05) is 12.1 Å². The van der Waals surface area contributed by atoms with Crippen LogP contribution in [-0.4, -0.2) is 71.5 Å². The smallest absolute Gasteiger partial charge is 0.258 e. The van der Waals surface area contributed by atoms with Gasteiger partial charge in [-0.15, -0.1) is 0 Å². The predicted octanol–water partition coefficient (Wildman–Crippen LogP) is 2.35. The summed E-state index contributed by atoms with van der Waals surface area (Å²) in [5, 5.41) is 5.84. The number of benzene rings is 3. The van der Waals surface area contributed by atoms with Crippen LogP contribution < -0.4 is 24.8 Å². The standard InChI is InChI=1S/C30H27N5O6/c1-39-24-10-7-19-13-25(24)40-17-27(36)33-14-18-5-8-20(9-6-18)41-26-16-35(15-23(26)34-29(19)37)30(38)21-3-2-4-22-28(21)32-12-11-31-22/h2-13,23,26H,14-17H2,1H3,(H,33,36)(H,34,37)/t23-,26-/m0/s1. The number of aromatic nitrogens is 2. The van der Waals surface area contributed by atoms with Gasteiger partial charge in [0.25, 0.3) is 17.7 Å². The van der Waals surface area contributed by atoms with E-state index in [4.69, 9.17) is 14.2 Å². The molecule has 0 spiro atoms. The molecular weight excluding hydrogens is 526 g/mol. The van der Waals surface area contributed by atoms with Crippen LogP contribution in [0.5, 0.6) is 17.2 Å². The van der Waals surface area contributed by atoms with Gasteiger partial charge in [0.15, 0.2) is 18.1 Å². The summed E-state index contributed by atoms with van der Waals surface area (Å²) in [4.78, 5) is 49.8. The van der Waals surface area contributed by atoms with Gasteiger partial charge in [-0.2, -0.15) is 0 Å². The molecule has 4 aromatic rings. The molecule has 1 saturated heterocycles. The number of methoxy groups -OCH3 is 1. The number of likely N-dealkylation sites (tertiary alicyclic amines) is 1. The molecule has 7 rings (SSSR count). The van der Waals surface area contributed by atoms with Crippen molar-refractivity contribution in [3.8, 4) is 17.2 Å². The molecule has 3 aromatic carbocycles.